The van der Waals surface area contributed by atoms with Crippen LogP contribution in [0.15, 0.2) is 0 Å². The average Bonchev–Trinajstić information content (AvgIpc) is 1.87. The molecule has 1 atom stereocenters. The van der Waals surface area contributed by atoms with E-state index in [9.17, 15) is 4.79 Å². The zero-order chi connectivity index (χ0) is 8.15. The number of nitrogens with one attached hydrogen (secondary N) is 1. The number of hydrazine groups is 1. The number of hydrogen-bond donors (Lipinski definition) is 2. The molecule has 0 spiro atoms. The second kappa shape index (κ2) is 4.24. The van der Waals surface area contributed by atoms with Crippen LogP contribution in [0.3, 0.4) is 0 Å². The second-order valence-electron chi connectivity index (χ2n) is 2.27. The standard InChI is InChI=1S/C6H15N3O/c1-4-9(3)8-5(2)6(7)10/h5,8H,4H2,1-3H3,(H2,7,10). The summed E-state index contributed by atoms with van der Waals surface area (Å²) in [7, 11) is 1.86. The van der Waals surface area contributed by atoms with Crippen molar-refractivity contribution in [2.24, 2.45) is 5.73 Å². The number of nitrogens with two attached hydrogens (primary N) is 1. The zero-order valence-corrected chi connectivity index (χ0v) is 6.72. The number of hydrogen-bond acceptors (Lipinski definition) is 3. The lowest BCUT2D eigenvalue weighted by Crippen LogP contribution is -2.47. The average molecular weight is 145 g/mol. The fourth-order valence-electron chi connectivity index (χ4n) is 0.485. The van der Waals surface area contributed by atoms with Crippen molar-refractivity contribution in [3.63, 3.8) is 0 Å². The Balaban J connectivity index is 3.56. The topological polar surface area (TPSA) is 58.4 Å². The minimum atomic E-state index is -0.333. The third-order valence-electron chi connectivity index (χ3n) is 1.32. The minimum Gasteiger partial charge on any atom is -0.368 e. The molecule has 1 amide bonds. The molecule has 0 aromatic carbocycles. The highest BCUT2D eigenvalue weighted by atomic mass is 16.1. The Labute approximate surface area is 61.3 Å². The van der Waals surface area contributed by atoms with Crippen LogP contribution in [0.2, 0.25) is 0 Å². The Kier molecular flexibility index (Phi) is 3.99. The smallest absolute Gasteiger partial charge is 0.235 e. The summed E-state index contributed by atoms with van der Waals surface area (Å²) in [5.74, 6) is -0.333. The van der Waals surface area contributed by atoms with Crippen LogP contribution >= 0.6 is 0 Å². The molecular formula is C6H15N3O. The molecule has 0 heterocycles. The van der Waals surface area contributed by atoms with Gasteiger partial charge in [0.15, 0.2) is 0 Å². The Morgan fingerprint density at radius 3 is 2.60 bits per heavy atom. The highest BCUT2D eigenvalue weighted by molar-refractivity contribution is 5.79. The van der Waals surface area contributed by atoms with Gasteiger partial charge in [-0.2, -0.15) is 0 Å². The van der Waals surface area contributed by atoms with E-state index < -0.39 is 0 Å². The van der Waals surface area contributed by atoms with Gasteiger partial charge in [0.2, 0.25) is 5.91 Å². The summed E-state index contributed by atoms with van der Waals surface area (Å²) >= 11 is 0. The van der Waals surface area contributed by atoms with Gasteiger partial charge in [0.25, 0.3) is 0 Å². The number of rotatable bonds is 4. The Morgan fingerprint density at radius 2 is 2.30 bits per heavy atom. The van der Waals surface area contributed by atoms with Crippen LogP contribution in [-0.2, 0) is 4.79 Å². The molecule has 0 aliphatic carbocycles. The van der Waals surface area contributed by atoms with Gasteiger partial charge in [0, 0.05) is 13.6 Å². The van der Waals surface area contributed by atoms with Gasteiger partial charge in [0.05, 0.1) is 6.04 Å². The van der Waals surface area contributed by atoms with Crippen molar-refractivity contribution in [3.05, 3.63) is 0 Å². The summed E-state index contributed by atoms with van der Waals surface area (Å²) in [6, 6.07) is -0.287. The summed E-state index contributed by atoms with van der Waals surface area (Å²) in [5.41, 5.74) is 7.90. The van der Waals surface area contributed by atoms with E-state index in [4.69, 9.17) is 5.73 Å². The zero-order valence-electron chi connectivity index (χ0n) is 6.72. The third kappa shape index (κ3) is 3.42. The lowest BCUT2D eigenvalue weighted by atomic mass is 10.3. The number of carbonyl (C=O) groups excluding carboxylic acids is 1. The summed E-state index contributed by atoms with van der Waals surface area (Å²) < 4.78 is 0. The Hall–Kier alpha value is -0.610. The van der Waals surface area contributed by atoms with Crippen LogP contribution in [0, 0.1) is 0 Å². The molecule has 1 unspecified atom stereocenters. The van der Waals surface area contributed by atoms with Crippen LogP contribution in [0.4, 0.5) is 0 Å². The van der Waals surface area contributed by atoms with Gasteiger partial charge in [0.1, 0.15) is 0 Å². The van der Waals surface area contributed by atoms with Gasteiger partial charge in [-0.1, -0.05) is 6.92 Å². The monoisotopic (exact) mass is 145 g/mol. The molecule has 0 aliphatic rings. The van der Waals surface area contributed by atoms with Crippen LogP contribution < -0.4 is 11.2 Å². The van der Waals surface area contributed by atoms with Crippen LogP contribution in [0.1, 0.15) is 13.8 Å². The molecular weight excluding hydrogens is 130 g/mol. The van der Waals surface area contributed by atoms with Crippen molar-refractivity contribution in [2.45, 2.75) is 19.9 Å². The minimum absolute atomic E-state index is 0.287. The highest BCUT2D eigenvalue weighted by Crippen LogP contribution is 1.80. The molecule has 0 aromatic heterocycles. The molecule has 0 saturated carbocycles. The molecule has 0 fully saturated rings. The van der Waals surface area contributed by atoms with Crippen molar-refractivity contribution >= 4 is 5.91 Å². The van der Waals surface area contributed by atoms with E-state index in [1.807, 2.05) is 19.0 Å². The lowest BCUT2D eigenvalue weighted by molar-refractivity contribution is -0.120. The van der Waals surface area contributed by atoms with Crippen molar-refractivity contribution in [3.8, 4) is 0 Å². The van der Waals surface area contributed by atoms with Gasteiger partial charge in [-0.15, -0.1) is 0 Å². The SMILES string of the molecule is CCN(C)NC(C)C(N)=O. The largest absolute Gasteiger partial charge is 0.368 e. The van der Waals surface area contributed by atoms with Gasteiger partial charge in [-0.05, 0) is 6.92 Å². The quantitative estimate of drug-likeness (QED) is 0.515. The summed E-state index contributed by atoms with van der Waals surface area (Å²) in [4.78, 5) is 10.5. The summed E-state index contributed by atoms with van der Waals surface area (Å²) in [6.45, 7) is 4.56. The van der Waals surface area contributed by atoms with Crippen LogP contribution in [0.5, 0.6) is 0 Å². The number of nitrogens with zero attached hydrogens (tertiary/aromatic N) is 1. The number of amides is 1. The molecule has 0 saturated heterocycles. The molecule has 4 heteroatoms. The van der Waals surface area contributed by atoms with E-state index in [-0.39, 0.29) is 11.9 Å². The highest BCUT2D eigenvalue weighted by Gasteiger charge is 2.08. The van der Waals surface area contributed by atoms with Crippen molar-refractivity contribution in [1.29, 1.82) is 0 Å². The first-order chi connectivity index (χ1) is 4.57. The van der Waals surface area contributed by atoms with Crippen LogP contribution in [-0.4, -0.2) is 30.6 Å². The molecule has 0 rings (SSSR count). The fourth-order valence-corrected chi connectivity index (χ4v) is 0.485. The van der Waals surface area contributed by atoms with Crippen LogP contribution in [0.25, 0.3) is 0 Å². The van der Waals surface area contributed by atoms with Crippen molar-refractivity contribution < 1.29 is 4.79 Å². The second-order valence-corrected chi connectivity index (χ2v) is 2.27. The van der Waals surface area contributed by atoms with E-state index in [1.54, 1.807) is 6.92 Å². The lowest BCUT2D eigenvalue weighted by Gasteiger charge is -2.19. The molecule has 0 bridgehead atoms. The molecule has 4 nitrogen and oxygen atoms in total. The first kappa shape index (κ1) is 9.39. The predicted octanol–water partition coefficient (Wildman–Crippen LogP) is -0.683. The maximum atomic E-state index is 10.5. The van der Waals surface area contributed by atoms with E-state index in [0.29, 0.717) is 0 Å². The van der Waals surface area contributed by atoms with Gasteiger partial charge < -0.3 is 5.73 Å². The fraction of sp³-hybridized carbons (Fsp3) is 0.833. The van der Waals surface area contributed by atoms with E-state index >= 15 is 0 Å². The first-order valence-corrected chi connectivity index (χ1v) is 3.34. The van der Waals surface area contributed by atoms with Gasteiger partial charge in [-0.3, -0.25) is 4.79 Å². The Morgan fingerprint density at radius 1 is 1.80 bits per heavy atom. The predicted molar refractivity (Wildman–Crippen MR) is 40.1 cm³/mol. The van der Waals surface area contributed by atoms with E-state index in [1.165, 1.54) is 0 Å². The van der Waals surface area contributed by atoms with Crippen molar-refractivity contribution in [1.82, 2.24) is 10.4 Å². The molecule has 0 aromatic rings. The Bertz CT molecular complexity index is 116. The van der Waals surface area contributed by atoms with Crippen molar-refractivity contribution in [2.75, 3.05) is 13.6 Å². The normalized spacial score (nSPS) is 13.6. The first-order valence-electron chi connectivity index (χ1n) is 3.34. The van der Waals surface area contributed by atoms with E-state index in [0.717, 1.165) is 6.54 Å². The molecule has 3 N–H and O–H groups in total. The third-order valence-corrected chi connectivity index (χ3v) is 1.32. The summed E-state index contributed by atoms with van der Waals surface area (Å²) in [5, 5.41) is 1.81. The van der Waals surface area contributed by atoms with Gasteiger partial charge >= 0.3 is 0 Å². The molecule has 0 aliphatic heterocycles. The number of carbonyl (C=O) groups is 1. The molecule has 10 heavy (non-hydrogen) atoms. The number of primary amides is 1. The summed E-state index contributed by atoms with van der Waals surface area (Å²) in [6.07, 6.45) is 0. The maximum Gasteiger partial charge on any atom is 0.235 e. The molecule has 60 valence electrons. The maximum absolute atomic E-state index is 10.5. The van der Waals surface area contributed by atoms with E-state index in [2.05, 4.69) is 5.43 Å². The molecule has 0 radical (unpaired) electrons. The van der Waals surface area contributed by atoms with Gasteiger partial charge in [-0.25, -0.2) is 10.4 Å².